The van der Waals surface area contributed by atoms with Crippen LogP contribution < -0.4 is 0 Å². The summed E-state index contributed by atoms with van der Waals surface area (Å²) in [4.78, 5) is 0. The molecule has 0 aliphatic rings. The van der Waals surface area contributed by atoms with Gasteiger partial charge in [0.1, 0.15) is 0 Å². The summed E-state index contributed by atoms with van der Waals surface area (Å²) in [5.41, 5.74) is 0. The van der Waals surface area contributed by atoms with Crippen LogP contribution in [0, 0.1) is 5.92 Å². The number of hydrogen-bond donors (Lipinski definition) is 0. The molecule has 2 atom stereocenters. The van der Waals surface area contributed by atoms with Crippen LogP contribution in [-0.4, -0.2) is 12.8 Å². The van der Waals surface area contributed by atoms with Crippen molar-refractivity contribution in [1.29, 1.82) is 0 Å². The zero-order chi connectivity index (χ0) is 9.78. The highest BCUT2D eigenvalue weighted by Gasteiger charge is 2.35. The molecule has 0 saturated carbocycles. The smallest absolute Gasteiger partial charge is 0.170 e. The molecule has 0 saturated heterocycles. The van der Waals surface area contributed by atoms with Gasteiger partial charge in [-0.05, 0) is 13.6 Å². The minimum absolute atomic E-state index is 0.420. The molecule has 0 radical (unpaired) electrons. The lowest BCUT2D eigenvalue weighted by Gasteiger charge is -2.12. The Kier molecular flexibility index (Phi) is 4.54. The Morgan fingerprint density at radius 1 is 1.50 bits per heavy atom. The molecule has 0 aliphatic carbocycles. The van der Waals surface area contributed by atoms with Crippen LogP contribution in [0.2, 0.25) is 0 Å². The van der Waals surface area contributed by atoms with Crippen LogP contribution in [0.25, 0.3) is 0 Å². The Hall–Kier alpha value is -0.300. The molecule has 70 valence electrons. The number of halogens is 3. The molecular formula is C8H12F3P. The predicted octanol–water partition coefficient (Wildman–Crippen LogP) is 3.56. The van der Waals surface area contributed by atoms with E-state index < -0.39 is 12.1 Å². The van der Waals surface area contributed by atoms with E-state index in [1.165, 1.54) is 6.08 Å². The molecule has 4 heteroatoms. The first kappa shape index (κ1) is 11.7. The standard InChI is InChI=1S/C8H12F3P/c1-4-7(8(9,10)11)5-6(2)12-3/h4-5,7,12H,1H2,2-3H3/b6-5-/t7-/m1/s1. The average molecular weight is 196 g/mol. The minimum atomic E-state index is -4.19. The molecule has 0 aromatic rings. The predicted molar refractivity (Wildman–Crippen MR) is 47.7 cm³/mol. The fraction of sp³-hybridized carbons (Fsp3) is 0.500. The van der Waals surface area contributed by atoms with E-state index in [1.54, 1.807) is 6.92 Å². The first-order valence-corrected chi connectivity index (χ1v) is 4.97. The Labute approximate surface area is 72.3 Å². The van der Waals surface area contributed by atoms with Crippen molar-refractivity contribution >= 4 is 8.58 Å². The number of rotatable bonds is 3. The maximum atomic E-state index is 12.1. The first-order chi connectivity index (χ1) is 5.41. The number of allylic oxidation sites excluding steroid dienone is 3. The van der Waals surface area contributed by atoms with Crippen LogP contribution in [0.3, 0.4) is 0 Å². The van der Waals surface area contributed by atoms with E-state index in [9.17, 15) is 13.2 Å². The summed E-state index contributed by atoms with van der Waals surface area (Å²) < 4.78 is 36.3. The summed E-state index contributed by atoms with van der Waals surface area (Å²) >= 11 is 0. The van der Waals surface area contributed by atoms with Gasteiger partial charge in [0.25, 0.3) is 0 Å². The molecular weight excluding hydrogens is 184 g/mol. The van der Waals surface area contributed by atoms with Crippen molar-refractivity contribution in [2.45, 2.75) is 13.1 Å². The summed E-state index contributed by atoms with van der Waals surface area (Å²) in [6, 6.07) is 0. The van der Waals surface area contributed by atoms with Crippen molar-refractivity contribution in [3.63, 3.8) is 0 Å². The number of alkyl halides is 3. The summed E-state index contributed by atoms with van der Waals surface area (Å²) in [5, 5.41) is 0.761. The van der Waals surface area contributed by atoms with Gasteiger partial charge in [0.05, 0.1) is 5.92 Å². The normalized spacial score (nSPS) is 16.9. The van der Waals surface area contributed by atoms with Gasteiger partial charge < -0.3 is 0 Å². The Morgan fingerprint density at radius 2 is 2.00 bits per heavy atom. The zero-order valence-electron chi connectivity index (χ0n) is 7.07. The number of hydrogen-bond acceptors (Lipinski definition) is 0. The third-order valence-electron chi connectivity index (χ3n) is 1.46. The highest BCUT2D eigenvalue weighted by molar-refractivity contribution is 7.42. The van der Waals surface area contributed by atoms with E-state index in [0.717, 1.165) is 11.4 Å². The molecule has 1 unspecified atom stereocenters. The summed E-state index contributed by atoms with van der Waals surface area (Å²) in [7, 11) is 0.420. The summed E-state index contributed by atoms with van der Waals surface area (Å²) in [5.74, 6) is -1.50. The van der Waals surface area contributed by atoms with Gasteiger partial charge in [0.2, 0.25) is 0 Å². The second-order valence-corrected chi connectivity index (χ2v) is 3.69. The third-order valence-corrected chi connectivity index (χ3v) is 2.41. The molecule has 0 spiro atoms. The van der Waals surface area contributed by atoms with Crippen molar-refractivity contribution in [3.05, 3.63) is 24.0 Å². The van der Waals surface area contributed by atoms with E-state index in [4.69, 9.17) is 0 Å². The summed E-state index contributed by atoms with van der Waals surface area (Å²) in [6.45, 7) is 6.70. The fourth-order valence-electron chi connectivity index (χ4n) is 0.649. The quantitative estimate of drug-likeness (QED) is 0.478. The van der Waals surface area contributed by atoms with E-state index in [1.807, 2.05) is 6.66 Å². The van der Waals surface area contributed by atoms with Crippen LogP contribution in [0.5, 0.6) is 0 Å². The Morgan fingerprint density at radius 3 is 2.25 bits per heavy atom. The second kappa shape index (κ2) is 4.66. The second-order valence-electron chi connectivity index (χ2n) is 2.40. The van der Waals surface area contributed by atoms with Crippen LogP contribution in [0.15, 0.2) is 24.0 Å². The molecule has 0 bridgehead atoms. The van der Waals surface area contributed by atoms with E-state index in [-0.39, 0.29) is 0 Å². The van der Waals surface area contributed by atoms with Crippen LogP contribution in [-0.2, 0) is 0 Å². The van der Waals surface area contributed by atoms with Crippen molar-refractivity contribution in [1.82, 2.24) is 0 Å². The lowest BCUT2D eigenvalue weighted by molar-refractivity contribution is -0.148. The van der Waals surface area contributed by atoms with Crippen molar-refractivity contribution in [3.8, 4) is 0 Å². The van der Waals surface area contributed by atoms with Gasteiger partial charge in [-0.1, -0.05) is 26.0 Å². The van der Waals surface area contributed by atoms with Gasteiger partial charge in [0, 0.05) is 0 Å². The van der Waals surface area contributed by atoms with Crippen molar-refractivity contribution in [2.24, 2.45) is 5.92 Å². The highest BCUT2D eigenvalue weighted by atomic mass is 31.1. The molecule has 0 amide bonds. The zero-order valence-corrected chi connectivity index (χ0v) is 8.07. The average Bonchev–Trinajstić information content (AvgIpc) is 1.97. The molecule has 0 aromatic carbocycles. The fourth-order valence-corrected chi connectivity index (χ4v) is 0.995. The monoisotopic (exact) mass is 196 g/mol. The van der Waals surface area contributed by atoms with E-state index in [2.05, 4.69) is 6.58 Å². The molecule has 0 fully saturated rings. The molecule has 0 N–H and O–H groups in total. The largest absolute Gasteiger partial charge is 0.398 e. The first-order valence-electron chi connectivity index (χ1n) is 3.47. The van der Waals surface area contributed by atoms with Gasteiger partial charge >= 0.3 is 6.18 Å². The molecule has 12 heavy (non-hydrogen) atoms. The van der Waals surface area contributed by atoms with Gasteiger partial charge in [0.15, 0.2) is 0 Å². The van der Waals surface area contributed by atoms with E-state index in [0.29, 0.717) is 8.58 Å². The molecule has 0 aliphatic heterocycles. The molecule has 0 rings (SSSR count). The highest BCUT2D eigenvalue weighted by Crippen LogP contribution is 2.31. The maximum Gasteiger partial charge on any atom is 0.398 e. The van der Waals surface area contributed by atoms with Crippen LogP contribution in [0.1, 0.15) is 6.92 Å². The Bertz CT molecular complexity index is 181. The minimum Gasteiger partial charge on any atom is -0.170 e. The van der Waals surface area contributed by atoms with Gasteiger partial charge in [-0.3, -0.25) is 0 Å². The van der Waals surface area contributed by atoms with E-state index >= 15 is 0 Å². The Balaban J connectivity index is 4.48. The third kappa shape index (κ3) is 3.91. The van der Waals surface area contributed by atoms with Gasteiger partial charge in [-0.25, -0.2) is 0 Å². The summed E-state index contributed by atoms with van der Waals surface area (Å²) in [6.07, 6.45) is -2.06. The van der Waals surface area contributed by atoms with Crippen LogP contribution >= 0.6 is 8.58 Å². The molecule has 0 heterocycles. The lowest BCUT2D eigenvalue weighted by Crippen LogP contribution is -2.18. The van der Waals surface area contributed by atoms with Gasteiger partial charge in [-0.2, -0.15) is 13.2 Å². The molecule has 0 aromatic heterocycles. The van der Waals surface area contributed by atoms with Crippen molar-refractivity contribution in [2.75, 3.05) is 6.66 Å². The molecule has 0 nitrogen and oxygen atoms in total. The van der Waals surface area contributed by atoms with Crippen molar-refractivity contribution < 1.29 is 13.2 Å². The van der Waals surface area contributed by atoms with Gasteiger partial charge in [-0.15, -0.1) is 6.58 Å². The van der Waals surface area contributed by atoms with Crippen LogP contribution in [0.4, 0.5) is 13.2 Å². The topological polar surface area (TPSA) is 0 Å². The maximum absolute atomic E-state index is 12.1. The SMILES string of the molecule is C=C[C@H](/C=C(/C)PC)C(F)(F)F. The lowest BCUT2D eigenvalue weighted by atomic mass is 10.1.